The van der Waals surface area contributed by atoms with Gasteiger partial charge in [-0.1, -0.05) is 24.3 Å². The molecule has 0 bridgehead atoms. The van der Waals surface area contributed by atoms with Crippen molar-refractivity contribution in [1.29, 1.82) is 0 Å². The van der Waals surface area contributed by atoms with E-state index in [4.69, 9.17) is 20.6 Å². The van der Waals surface area contributed by atoms with Crippen LogP contribution in [0, 0.1) is 5.92 Å². The highest BCUT2D eigenvalue weighted by atomic mass is 16.5. The summed E-state index contributed by atoms with van der Waals surface area (Å²) < 4.78 is 5.94. The fraction of sp³-hybridized carbons (Fsp3) is 0.417. The lowest BCUT2D eigenvalue weighted by atomic mass is 10.0. The van der Waals surface area contributed by atoms with E-state index in [2.05, 4.69) is 20.9 Å². The molecule has 0 aliphatic carbocycles. The van der Waals surface area contributed by atoms with Gasteiger partial charge in [-0.15, -0.1) is 0 Å². The van der Waals surface area contributed by atoms with Crippen LogP contribution in [-0.4, -0.2) is 64.5 Å². The molecule has 8 heteroatoms. The Morgan fingerprint density at radius 3 is 2.91 bits per heavy atom. The number of ether oxygens (including phenoxy) is 1. The van der Waals surface area contributed by atoms with Crippen LogP contribution in [-0.2, 0) is 13.0 Å². The van der Waals surface area contributed by atoms with Gasteiger partial charge >= 0.3 is 6.01 Å². The second-order valence-corrected chi connectivity index (χ2v) is 8.66. The maximum Gasteiger partial charge on any atom is 0.318 e. The second kappa shape index (κ2) is 8.80. The van der Waals surface area contributed by atoms with E-state index in [1.165, 1.54) is 0 Å². The molecule has 168 valence electrons. The Labute approximate surface area is 187 Å². The minimum absolute atomic E-state index is 0.184. The van der Waals surface area contributed by atoms with E-state index < -0.39 is 0 Å². The van der Waals surface area contributed by atoms with Crippen LogP contribution in [0.25, 0.3) is 10.8 Å². The summed E-state index contributed by atoms with van der Waals surface area (Å²) in [5.41, 5.74) is 9.10. The summed E-state index contributed by atoms with van der Waals surface area (Å²) in [6.07, 6.45) is 1.78. The predicted octanol–water partition coefficient (Wildman–Crippen LogP) is 2.17. The van der Waals surface area contributed by atoms with Crippen LogP contribution < -0.4 is 15.4 Å². The molecule has 1 atom stereocenters. The smallest absolute Gasteiger partial charge is 0.318 e. The molecule has 3 heterocycles. The lowest BCUT2D eigenvalue weighted by molar-refractivity contribution is 0.199. The summed E-state index contributed by atoms with van der Waals surface area (Å²) in [5, 5.41) is 21.5. The van der Waals surface area contributed by atoms with Crippen LogP contribution in [0.1, 0.15) is 17.7 Å². The summed E-state index contributed by atoms with van der Waals surface area (Å²) in [6.45, 7) is 4.69. The van der Waals surface area contributed by atoms with E-state index in [0.29, 0.717) is 37.4 Å². The van der Waals surface area contributed by atoms with Gasteiger partial charge in [-0.05, 0) is 30.8 Å². The van der Waals surface area contributed by atoms with Crippen LogP contribution in [0.5, 0.6) is 11.8 Å². The number of benzene rings is 2. The number of fused-ring (bicyclic) bond motifs is 2. The molecule has 0 spiro atoms. The van der Waals surface area contributed by atoms with Gasteiger partial charge in [-0.3, -0.25) is 0 Å². The Morgan fingerprint density at radius 1 is 1.16 bits per heavy atom. The first-order chi connectivity index (χ1) is 15.6. The maximum atomic E-state index is 10.2. The number of β-amino-alcohol motifs (C(OH)–C–C–N with tert-alkyl or cyclic N) is 1. The molecule has 1 aromatic heterocycles. The molecule has 1 unspecified atom stereocenters. The number of aromatic nitrogens is 2. The van der Waals surface area contributed by atoms with Crippen LogP contribution in [0.15, 0.2) is 36.4 Å². The molecule has 1 fully saturated rings. The molecule has 2 aromatic carbocycles. The molecule has 0 radical (unpaired) electrons. The SMILES string of the molecule is Nc1nc(OCC2CCN(CCO)C2)nc2c1CCN(c1cc(O)cc3ccccc13)C2. The normalized spacial score (nSPS) is 18.8. The number of aliphatic hydroxyl groups excluding tert-OH is 1. The number of nitrogen functional groups attached to an aromatic ring is 1. The van der Waals surface area contributed by atoms with E-state index in [1.54, 1.807) is 6.07 Å². The lowest BCUT2D eigenvalue weighted by Gasteiger charge is -2.31. The molecule has 1 saturated heterocycles. The highest BCUT2D eigenvalue weighted by Gasteiger charge is 2.25. The maximum absolute atomic E-state index is 10.2. The molecule has 0 saturated carbocycles. The number of rotatable bonds is 6. The van der Waals surface area contributed by atoms with E-state index in [-0.39, 0.29) is 12.4 Å². The molecule has 2 aliphatic rings. The Hall–Kier alpha value is -3.10. The summed E-state index contributed by atoms with van der Waals surface area (Å²) in [6, 6.07) is 12.0. The molecular weight excluding hydrogens is 406 g/mol. The minimum atomic E-state index is 0.184. The molecule has 4 N–H and O–H groups in total. The third-order valence-corrected chi connectivity index (χ3v) is 6.48. The number of hydrogen-bond acceptors (Lipinski definition) is 8. The molecular formula is C24H29N5O3. The summed E-state index contributed by atoms with van der Waals surface area (Å²) in [7, 11) is 0. The fourth-order valence-electron chi connectivity index (χ4n) is 4.83. The van der Waals surface area contributed by atoms with E-state index >= 15 is 0 Å². The third kappa shape index (κ3) is 4.16. The van der Waals surface area contributed by atoms with Gasteiger partial charge < -0.3 is 30.5 Å². The fourth-order valence-corrected chi connectivity index (χ4v) is 4.83. The number of aromatic hydroxyl groups is 1. The molecule has 2 aliphatic heterocycles. The van der Waals surface area contributed by atoms with Crippen molar-refractivity contribution >= 4 is 22.3 Å². The zero-order chi connectivity index (χ0) is 22.1. The van der Waals surface area contributed by atoms with Crippen LogP contribution >= 0.6 is 0 Å². The molecule has 5 rings (SSSR count). The van der Waals surface area contributed by atoms with Gasteiger partial charge in [-0.25, -0.2) is 0 Å². The number of aliphatic hydroxyl groups is 1. The highest BCUT2D eigenvalue weighted by molar-refractivity contribution is 5.95. The quantitative estimate of drug-likeness (QED) is 0.541. The van der Waals surface area contributed by atoms with Crippen LogP contribution in [0.4, 0.5) is 11.5 Å². The van der Waals surface area contributed by atoms with Crippen molar-refractivity contribution in [3.05, 3.63) is 47.7 Å². The summed E-state index contributed by atoms with van der Waals surface area (Å²) in [5.74, 6) is 1.14. The van der Waals surface area contributed by atoms with Crippen molar-refractivity contribution < 1.29 is 14.9 Å². The van der Waals surface area contributed by atoms with Crippen molar-refractivity contribution in [3.63, 3.8) is 0 Å². The topological polar surface area (TPSA) is 108 Å². The zero-order valence-electron chi connectivity index (χ0n) is 18.1. The van der Waals surface area contributed by atoms with Gasteiger partial charge in [0, 0.05) is 48.3 Å². The van der Waals surface area contributed by atoms with E-state index in [9.17, 15) is 5.11 Å². The third-order valence-electron chi connectivity index (χ3n) is 6.48. The molecule has 32 heavy (non-hydrogen) atoms. The first-order valence-corrected chi connectivity index (χ1v) is 11.2. The van der Waals surface area contributed by atoms with Gasteiger partial charge in [0.25, 0.3) is 0 Å². The average Bonchev–Trinajstić information content (AvgIpc) is 3.24. The number of anilines is 2. The predicted molar refractivity (Wildman–Crippen MR) is 124 cm³/mol. The number of likely N-dealkylation sites (tertiary alicyclic amines) is 1. The van der Waals surface area contributed by atoms with Gasteiger partial charge in [0.1, 0.15) is 11.6 Å². The van der Waals surface area contributed by atoms with Gasteiger partial charge in [0.2, 0.25) is 0 Å². The number of nitrogens with zero attached hydrogens (tertiary/aromatic N) is 4. The van der Waals surface area contributed by atoms with Gasteiger partial charge in [0.05, 0.1) is 25.5 Å². The lowest BCUT2D eigenvalue weighted by Crippen LogP contribution is -2.32. The largest absolute Gasteiger partial charge is 0.508 e. The van der Waals surface area contributed by atoms with Gasteiger partial charge in [0.15, 0.2) is 0 Å². The molecule has 8 nitrogen and oxygen atoms in total. The number of hydrogen-bond donors (Lipinski definition) is 3. The summed E-state index contributed by atoms with van der Waals surface area (Å²) in [4.78, 5) is 13.6. The Kier molecular flexibility index (Phi) is 5.71. The number of nitrogens with two attached hydrogens (primary N) is 1. The zero-order valence-corrected chi connectivity index (χ0v) is 18.1. The number of phenols is 1. The van der Waals surface area contributed by atoms with E-state index in [0.717, 1.165) is 60.2 Å². The van der Waals surface area contributed by atoms with E-state index in [1.807, 2.05) is 24.3 Å². The Bertz CT molecular complexity index is 1120. The first-order valence-electron chi connectivity index (χ1n) is 11.2. The van der Waals surface area contributed by atoms with Crippen molar-refractivity contribution in [1.82, 2.24) is 14.9 Å². The first kappa shape index (κ1) is 20.8. The van der Waals surface area contributed by atoms with Crippen molar-refractivity contribution in [2.45, 2.75) is 19.4 Å². The average molecular weight is 436 g/mol. The van der Waals surface area contributed by atoms with Crippen LogP contribution in [0.3, 0.4) is 0 Å². The standard InChI is InChI=1S/C24H29N5O3/c25-23-20-6-8-29(22-12-18(31)11-17-3-1-2-4-19(17)22)14-21(20)26-24(27-23)32-15-16-5-7-28(13-16)9-10-30/h1-4,11-12,16,30-31H,5-10,13-15H2,(H2,25,26,27). The second-order valence-electron chi connectivity index (χ2n) is 8.66. The van der Waals surface area contributed by atoms with Crippen LogP contribution in [0.2, 0.25) is 0 Å². The van der Waals surface area contributed by atoms with Crippen molar-refractivity contribution in [2.24, 2.45) is 5.92 Å². The van der Waals surface area contributed by atoms with Crippen molar-refractivity contribution in [3.8, 4) is 11.8 Å². The van der Waals surface area contributed by atoms with Gasteiger partial charge in [-0.2, -0.15) is 9.97 Å². The Morgan fingerprint density at radius 2 is 2.03 bits per heavy atom. The summed E-state index contributed by atoms with van der Waals surface area (Å²) >= 11 is 0. The Balaban J connectivity index is 1.34. The number of phenolic OH excluding ortho intramolecular Hbond substituents is 1. The minimum Gasteiger partial charge on any atom is -0.508 e. The molecule has 3 aromatic rings. The highest BCUT2D eigenvalue weighted by Crippen LogP contribution is 2.35. The molecule has 0 amide bonds. The monoisotopic (exact) mass is 435 g/mol. The van der Waals surface area contributed by atoms with Crippen molar-refractivity contribution in [2.75, 3.05) is 50.0 Å².